The third-order valence-corrected chi connectivity index (χ3v) is 2.89. The maximum absolute atomic E-state index is 11.0. The third kappa shape index (κ3) is 3.44. The fourth-order valence-electron chi connectivity index (χ4n) is 2.00. The summed E-state index contributed by atoms with van der Waals surface area (Å²) in [6.07, 6.45) is 4.92. The molecule has 2 heteroatoms. The molecule has 0 radical (unpaired) electrons. The van der Waals surface area contributed by atoms with Crippen molar-refractivity contribution in [3.63, 3.8) is 0 Å². The molecule has 0 bridgehead atoms. The molecule has 0 aromatic heterocycles. The Bertz CT molecular complexity index is 277. The minimum atomic E-state index is 0.728. The molecule has 2 nitrogen and oxygen atoms in total. The van der Waals surface area contributed by atoms with Gasteiger partial charge in [0, 0.05) is 0 Å². The first-order valence-corrected chi connectivity index (χ1v) is 6.04. The van der Waals surface area contributed by atoms with Crippen LogP contribution in [0, 0.1) is 0 Å². The van der Waals surface area contributed by atoms with E-state index in [9.17, 15) is 9.59 Å². The van der Waals surface area contributed by atoms with Crippen molar-refractivity contribution >= 4 is 12.6 Å². The summed E-state index contributed by atoms with van der Waals surface area (Å²) in [4.78, 5) is 22.0. The molecule has 0 N–H and O–H groups in total. The zero-order valence-corrected chi connectivity index (χ0v) is 10.8. The Morgan fingerprint density at radius 3 is 1.12 bits per heavy atom. The van der Waals surface area contributed by atoms with Gasteiger partial charge in [-0.25, -0.2) is 0 Å². The largest absolute Gasteiger partial charge is 0.298 e. The molecular formula is C14H22O2. The van der Waals surface area contributed by atoms with Gasteiger partial charge < -0.3 is 0 Å². The Morgan fingerprint density at radius 1 is 0.688 bits per heavy atom. The van der Waals surface area contributed by atoms with Crippen LogP contribution in [0.15, 0.2) is 22.3 Å². The number of hydrogen-bond donors (Lipinski definition) is 0. The maximum Gasteiger partial charge on any atom is 0.146 e. The predicted molar refractivity (Wildman–Crippen MR) is 67.3 cm³/mol. The lowest BCUT2D eigenvalue weighted by Gasteiger charge is -2.14. The summed E-state index contributed by atoms with van der Waals surface area (Å²) >= 11 is 0. The van der Waals surface area contributed by atoms with E-state index in [1.165, 1.54) is 0 Å². The van der Waals surface area contributed by atoms with E-state index >= 15 is 0 Å². The summed E-state index contributed by atoms with van der Waals surface area (Å²) in [7, 11) is 0. The van der Waals surface area contributed by atoms with Gasteiger partial charge in [-0.15, -0.1) is 0 Å². The van der Waals surface area contributed by atoms with E-state index in [0.29, 0.717) is 0 Å². The lowest BCUT2D eigenvalue weighted by Crippen LogP contribution is -2.00. The van der Waals surface area contributed by atoms with E-state index in [0.717, 1.165) is 60.5 Å². The van der Waals surface area contributed by atoms with Crippen LogP contribution < -0.4 is 0 Å². The first-order valence-electron chi connectivity index (χ1n) is 6.04. The minimum Gasteiger partial charge on any atom is -0.298 e. The van der Waals surface area contributed by atoms with Crippen molar-refractivity contribution in [2.45, 2.75) is 53.4 Å². The number of hydrogen-bond acceptors (Lipinski definition) is 2. The van der Waals surface area contributed by atoms with Crippen molar-refractivity contribution in [3.8, 4) is 0 Å². The van der Waals surface area contributed by atoms with Gasteiger partial charge >= 0.3 is 0 Å². The molecule has 16 heavy (non-hydrogen) atoms. The van der Waals surface area contributed by atoms with Crippen molar-refractivity contribution in [3.05, 3.63) is 22.3 Å². The Kier molecular flexibility index (Phi) is 7.44. The predicted octanol–water partition coefficient (Wildman–Crippen LogP) is 3.62. The average Bonchev–Trinajstić information content (AvgIpc) is 2.33. The summed E-state index contributed by atoms with van der Waals surface area (Å²) in [5, 5.41) is 0. The van der Waals surface area contributed by atoms with Gasteiger partial charge in [-0.1, -0.05) is 27.7 Å². The van der Waals surface area contributed by atoms with Crippen molar-refractivity contribution in [1.82, 2.24) is 0 Å². The molecule has 0 saturated heterocycles. The van der Waals surface area contributed by atoms with Gasteiger partial charge in [-0.2, -0.15) is 0 Å². The van der Waals surface area contributed by atoms with Gasteiger partial charge in [0.25, 0.3) is 0 Å². The number of aldehydes is 2. The second kappa shape index (κ2) is 8.03. The van der Waals surface area contributed by atoms with E-state index in [1.807, 2.05) is 27.7 Å². The second-order valence-corrected chi connectivity index (χ2v) is 3.66. The van der Waals surface area contributed by atoms with Gasteiger partial charge in [0.15, 0.2) is 0 Å². The van der Waals surface area contributed by atoms with Crippen LogP contribution in [0.5, 0.6) is 0 Å². The number of allylic oxidation sites excluding steroid dienone is 4. The molecule has 0 fully saturated rings. The SMILES string of the molecule is CC/C(C=O)=C(CC)/C(CC)=C(\C=O)CC. The highest BCUT2D eigenvalue weighted by atomic mass is 16.1. The molecule has 90 valence electrons. The van der Waals surface area contributed by atoms with E-state index in [2.05, 4.69) is 0 Å². The van der Waals surface area contributed by atoms with Gasteiger partial charge in [0.1, 0.15) is 12.6 Å². The molecule has 0 rings (SSSR count). The van der Waals surface area contributed by atoms with Crippen molar-refractivity contribution < 1.29 is 9.59 Å². The van der Waals surface area contributed by atoms with Crippen molar-refractivity contribution in [2.75, 3.05) is 0 Å². The summed E-state index contributed by atoms with van der Waals surface area (Å²) in [5.74, 6) is 0. The monoisotopic (exact) mass is 222 g/mol. The number of carbonyl (C=O) groups excluding carboxylic acids is 2. The number of carbonyl (C=O) groups is 2. The molecule has 0 saturated carbocycles. The molecule has 0 unspecified atom stereocenters. The molecule has 0 heterocycles. The maximum atomic E-state index is 11.0. The summed E-state index contributed by atoms with van der Waals surface area (Å²) < 4.78 is 0. The first kappa shape index (κ1) is 14.8. The molecule has 0 aliphatic carbocycles. The third-order valence-electron chi connectivity index (χ3n) is 2.89. The summed E-state index contributed by atoms with van der Waals surface area (Å²) in [6.45, 7) is 8.00. The second-order valence-electron chi connectivity index (χ2n) is 3.66. The fourth-order valence-corrected chi connectivity index (χ4v) is 2.00. The van der Waals surface area contributed by atoms with E-state index in [-0.39, 0.29) is 0 Å². The molecule has 0 aromatic carbocycles. The van der Waals surface area contributed by atoms with Gasteiger partial charge in [-0.3, -0.25) is 9.59 Å². The quantitative estimate of drug-likeness (QED) is 0.374. The summed E-state index contributed by atoms with van der Waals surface area (Å²) in [6, 6.07) is 0. The zero-order chi connectivity index (χ0) is 12.6. The van der Waals surface area contributed by atoms with E-state index < -0.39 is 0 Å². The number of rotatable bonds is 7. The fraction of sp³-hybridized carbons (Fsp3) is 0.571. The molecule has 0 aliphatic heterocycles. The molecular weight excluding hydrogens is 200 g/mol. The van der Waals surface area contributed by atoms with Crippen LogP contribution in [-0.4, -0.2) is 12.6 Å². The highest BCUT2D eigenvalue weighted by Gasteiger charge is 2.11. The normalized spacial score (nSPS) is 14.0. The Balaban J connectivity index is 5.68. The molecule has 0 amide bonds. The topological polar surface area (TPSA) is 34.1 Å². The van der Waals surface area contributed by atoms with Crippen LogP contribution in [0.3, 0.4) is 0 Å². The van der Waals surface area contributed by atoms with E-state index in [4.69, 9.17) is 0 Å². The van der Waals surface area contributed by atoms with Crippen LogP contribution in [0.1, 0.15) is 53.4 Å². The van der Waals surface area contributed by atoms with Gasteiger partial charge in [-0.05, 0) is 48.0 Å². The molecule has 0 aromatic rings. The highest BCUT2D eigenvalue weighted by Crippen LogP contribution is 2.26. The Labute approximate surface area is 98.4 Å². The van der Waals surface area contributed by atoms with Gasteiger partial charge in [0.05, 0.1) is 0 Å². The van der Waals surface area contributed by atoms with Crippen LogP contribution in [0.4, 0.5) is 0 Å². The van der Waals surface area contributed by atoms with Crippen LogP contribution in [0.25, 0.3) is 0 Å². The lowest BCUT2D eigenvalue weighted by atomic mass is 9.90. The average molecular weight is 222 g/mol. The van der Waals surface area contributed by atoms with Crippen molar-refractivity contribution in [2.24, 2.45) is 0 Å². The molecule has 0 aliphatic rings. The highest BCUT2D eigenvalue weighted by molar-refractivity contribution is 5.80. The molecule has 0 atom stereocenters. The van der Waals surface area contributed by atoms with Crippen LogP contribution >= 0.6 is 0 Å². The minimum absolute atomic E-state index is 0.728. The smallest absolute Gasteiger partial charge is 0.146 e. The lowest BCUT2D eigenvalue weighted by molar-refractivity contribution is -0.105. The summed E-state index contributed by atoms with van der Waals surface area (Å²) in [5.41, 5.74) is 3.77. The Morgan fingerprint density at radius 2 is 1.00 bits per heavy atom. The van der Waals surface area contributed by atoms with E-state index in [1.54, 1.807) is 0 Å². The van der Waals surface area contributed by atoms with Crippen LogP contribution in [-0.2, 0) is 9.59 Å². The van der Waals surface area contributed by atoms with Gasteiger partial charge in [0.2, 0.25) is 0 Å². The first-order chi connectivity index (χ1) is 7.69. The Hall–Kier alpha value is -1.18. The standard InChI is InChI=1S/C14H22O2/c1-5-11(9-15)13(7-3)14(8-4)12(6-2)10-16/h9-10H,5-8H2,1-4H3/b13-11-,14-12-. The zero-order valence-electron chi connectivity index (χ0n) is 10.8. The van der Waals surface area contributed by atoms with Crippen molar-refractivity contribution in [1.29, 1.82) is 0 Å². The van der Waals surface area contributed by atoms with Crippen LogP contribution in [0.2, 0.25) is 0 Å². The molecule has 0 spiro atoms.